The van der Waals surface area contributed by atoms with E-state index in [1.165, 1.54) is 0 Å². The minimum absolute atomic E-state index is 0.0774. The summed E-state index contributed by atoms with van der Waals surface area (Å²) in [6.45, 7) is 5.98. The van der Waals surface area contributed by atoms with Gasteiger partial charge >= 0.3 is 0 Å². The lowest BCUT2D eigenvalue weighted by molar-refractivity contribution is 0.0634. The maximum atomic E-state index is 12.5. The summed E-state index contributed by atoms with van der Waals surface area (Å²) in [6.07, 6.45) is 2.06. The zero-order valence-corrected chi connectivity index (χ0v) is 16.6. The van der Waals surface area contributed by atoms with E-state index in [0.717, 1.165) is 37.2 Å². The number of piperidine rings is 1. The highest BCUT2D eigenvalue weighted by molar-refractivity contribution is 7.08. The van der Waals surface area contributed by atoms with Gasteiger partial charge in [-0.25, -0.2) is 0 Å². The van der Waals surface area contributed by atoms with Gasteiger partial charge in [-0.2, -0.15) is 11.3 Å². The molecule has 0 unspecified atom stereocenters. The van der Waals surface area contributed by atoms with Crippen molar-refractivity contribution in [1.29, 1.82) is 0 Å². The molecule has 1 aliphatic heterocycles. The first kappa shape index (κ1) is 19.4. The fraction of sp³-hybridized carbons (Fsp3) is 0.429. The number of amides is 2. The molecule has 1 aliphatic rings. The smallest absolute Gasteiger partial charge is 0.254 e. The Hall–Kier alpha value is -2.34. The van der Waals surface area contributed by atoms with Gasteiger partial charge in [-0.3, -0.25) is 9.59 Å². The Kier molecular flexibility index (Phi) is 6.50. The first-order chi connectivity index (χ1) is 13.0. The van der Waals surface area contributed by atoms with Crippen molar-refractivity contribution in [2.75, 3.05) is 19.7 Å². The number of benzene rings is 1. The fourth-order valence-corrected chi connectivity index (χ4v) is 3.85. The molecule has 2 aromatic rings. The first-order valence-corrected chi connectivity index (χ1v) is 10.3. The van der Waals surface area contributed by atoms with E-state index >= 15 is 0 Å². The van der Waals surface area contributed by atoms with Crippen LogP contribution in [0.1, 0.15) is 47.4 Å². The number of nitrogens with zero attached hydrogens (tertiary/aromatic N) is 1. The third-order valence-electron chi connectivity index (χ3n) is 4.60. The van der Waals surface area contributed by atoms with E-state index in [0.29, 0.717) is 18.1 Å². The van der Waals surface area contributed by atoms with Crippen LogP contribution in [0.4, 0.5) is 0 Å². The Bertz CT molecular complexity index is 756. The number of ether oxygens (including phenoxy) is 1. The summed E-state index contributed by atoms with van der Waals surface area (Å²) in [5, 5.41) is 6.71. The predicted octanol–water partition coefficient (Wildman–Crippen LogP) is 3.82. The average Bonchev–Trinajstić information content (AvgIpc) is 3.20. The molecule has 0 saturated carbocycles. The lowest BCUT2D eigenvalue weighted by Crippen LogP contribution is -2.41. The van der Waals surface area contributed by atoms with E-state index in [2.05, 4.69) is 5.32 Å². The van der Waals surface area contributed by atoms with Crippen molar-refractivity contribution < 1.29 is 14.3 Å². The van der Waals surface area contributed by atoms with Crippen molar-refractivity contribution in [2.45, 2.75) is 32.7 Å². The van der Waals surface area contributed by atoms with Crippen LogP contribution in [0.5, 0.6) is 5.75 Å². The van der Waals surface area contributed by atoms with Crippen molar-refractivity contribution in [2.24, 2.45) is 5.92 Å². The normalized spacial score (nSPS) is 17.0. The molecule has 5 nitrogen and oxygen atoms in total. The van der Waals surface area contributed by atoms with Crippen LogP contribution in [0.15, 0.2) is 41.1 Å². The van der Waals surface area contributed by atoms with Gasteiger partial charge in [0.25, 0.3) is 11.8 Å². The third kappa shape index (κ3) is 5.32. The molecule has 0 bridgehead atoms. The van der Waals surface area contributed by atoms with Crippen LogP contribution in [0.3, 0.4) is 0 Å². The number of rotatable bonds is 6. The standard InChI is InChI=1S/C21H26N2O3S/c1-15(2)22-20(24)17-5-7-19(8-6-17)26-13-16-4-3-10-23(12-16)21(25)18-9-11-27-14-18/h5-9,11,14-16H,3-4,10,12-13H2,1-2H3,(H,22,24)/t16-/m0/s1. The number of thiophene rings is 1. The van der Waals surface area contributed by atoms with Crippen molar-refractivity contribution in [3.8, 4) is 5.75 Å². The number of hydrogen-bond donors (Lipinski definition) is 1. The molecule has 0 spiro atoms. The maximum absolute atomic E-state index is 12.5. The molecule has 1 aromatic heterocycles. The van der Waals surface area contributed by atoms with Gasteiger partial charge in [-0.1, -0.05) is 0 Å². The van der Waals surface area contributed by atoms with Crippen LogP contribution in [0.25, 0.3) is 0 Å². The van der Waals surface area contributed by atoms with Gasteiger partial charge in [0, 0.05) is 36.0 Å². The second-order valence-corrected chi connectivity index (χ2v) is 8.02. The molecule has 1 N–H and O–H groups in total. The molecule has 6 heteroatoms. The van der Waals surface area contributed by atoms with Crippen LogP contribution in [0.2, 0.25) is 0 Å². The maximum Gasteiger partial charge on any atom is 0.254 e. The summed E-state index contributed by atoms with van der Waals surface area (Å²) in [7, 11) is 0. The zero-order valence-electron chi connectivity index (χ0n) is 15.8. The topological polar surface area (TPSA) is 58.6 Å². The minimum Gasteiger partial charge on any atom is -0.493 e. The van der Waals surface area contributed by atoms with E-state index in [1.807, 2.05) is 47.7 Å². The quantitative estimate of drug-likeness (QED) is 0.821. The monoisotopic (exact) mass is 386 g/mol. The first-order valence-electron chi connectivity index (χ1n) is 9.38. The molecule has 1 saturated heterocycles. The summed E-state index contributed by atoms with van der Waals surface area (Å²) in [5.74, 6) is 1.11. The molecule has 3 rings (SSSR count). The van der Waals surface area contributed by atoms with Crippen LogP contribution in [0, 0.1) is 5.92 Å². The molecule has 0 aliphatic carbocycles. The second-order valence-electron chi connectivity index (χ2n) is 7.23. The van der Waals surface area contributed by atoms with Crippen LogP contribution in [-0.4, -0.2) is 42.5 Å². The van der Waals surface area contributed by atoms with Crippen LogP contribution < -0.4 is 10.1 Å². The summed E-state index contributed by atoms with van der Waals surface area (Å²) in [5.41, 5.74) is 1.40. The van der Waals surface area contributed by atoms with Crippen molar-refractivity contribution in [1.82, 2.24) is 10.2 Å². The molecular formula is C21H26N2O3S. The van der Waals surface area contributed by atoms with E-state index in [4.69, 9.17) is 4.74 Å². The van der Waals surface area contributed by atoms with E-state index in [-0.39, 0.29) is 17.9 Å². The molecule has 27 heavy (non-hydrogen) atoms. The molecule has 2 heterocycles. The Morgan fingerprint density at radius 2 is 2.00 bits per heavy atom. The van der Waals surface area contributed by atoms with Crippen molar-refractivity contribution in [3.63, 3.8) is 0 Å². The van der Waals surface area contributed by atoms with Crippen molar-refractivity contribution in [3.05, 3.63) is 52.2 Å². The van der Waals surface area contributed by atoms with E-state index in [1.54, 1.807) is 23.5 Å². The van der Waals surface area contributed by atoms with E-state index in [9.17, 15) is 9.59 Å². The van der Waals surface area contributed by atoms with Gasteiger partial charge < -0.3 is 15.0 Å². The van der Waals surface area contributed by atoms with Gasteiger partial charge in [0.15, 0.2) is 0 Å². The van der Waals surface area contributed by atoms with Gasteiger partial charge in [-0.05, 0) is 62.4 Å². The van der Waals surface area contributed by atoms with Gasteiger partial charge in [-0.15, -0.1) is 0 Å². The van der Waals surface area contributed by atoms with Crippen molar-refractivity contribution >= 4 is 23.2 Å². The molecule has 2 amide bonds. The molecule has 1 aromatic carbocycles. The summed E-state index contributed by atoms with van der Waals surface area (Å²) in [6, 6.07) is 9.20. The Morgan fingerprint density at radius 1 is 1.22 bits per heavy atom. The number of nitrogens with one attached hydrogen (secondary N) is 1. The SMILES string of the molecule is CC(C)NC(=O)c1ccc(OC[C@H]2CCCN(C(=O)c3ccsc3)C2)cc1. The van der Waals surface area contributed by atoms with Crippen LogP contribution in [-0.2, 0) is 0 Å². The summed E-state index contributed by atoms with van der Waals surface area (Å²) >= 11 is 1.55. The summed E-state index contributed by atoms with van der Waals surface area (Å²) in [4.78, 5) is 26.4. The number of carbonyl (C=O) groups excluding carboxylic acids is 2. The molecular weight excluding hydrogens is 360 g/mol. The minimum atomic E-state index is -0.0774. The lowest BCUT2D eigenvalue weighted by Gasteiger charge is -2.32. The van der Waals surface area contributed by atoms with Crippen LogP contribution >= 0.6 is 11.3 Å². The molecule has 0 radical (unpaired) electrons. The number of likely N-dealkylation sites (tertiary alicyclic amines) is 1. The highest BCUT2D eigenvalue weighted by atomic mass is 32.1. The lowest BCUT2D eigenvalue weighted by atomic mass is 9.98. The molecule has 1 atom stereocenters. The number of hydrogen-bond acceptors (Lipinski definition) is 4. The fourth-order valence-electron chi connectivity index (χ4n) is 3.22. The van der Waals surface area contributed by atoms with Gasteiger partial charge in [0.2, 0.25) is 0 Å². The third-order valence-corrected chi connectivity index (χ3v) is 5.28. The summed E-state index contributed by atoms with van der Waals surface area (Å²) < 4.78 is 5.91. The average molecular weight is 387 g/mol. The zero-order chi connectivity index (χ0) is 19.2. The Balaban J connectivity index is 1.51. The van der Waals surface area contributed by atoms with Gasteiger partial charge in [0.1, 0.15) is 5.75 Å². The highest BCUT2D eigenvalue weighted by Gasteiger charge is 2.25. The van der Waals surface area contributed by atoms with E-state index < -0.39 is 0 Å². The predicted molar refractivity (Wildman–Crippen MR) is 107 cm³/mol. The highest BCUT2D eigenvalue weighted by Crippen LogP contribution is 2.21. The molecule has 1 fully saturated rings. The Labute approximate surface area is 164 Å². The Morgan fingerprint density at radius 3 is 2.67 bits per heavy atom. The second kappa shape index (κ2) is 9.04. The molecule has 144 valence electrons. The number of carbonyl (C=O) groups is 2. The largest absolute Gasteiger partial charge is 0.493 e. The van der Waals surface area contributed by atoms with Gasteiger partial charge in [0.05, 0.1) is 12.2 Å².